The van der Waals surface area contributed by atoms with Crippen LogP contribution in [0.4, 0.5) is 13.6 Å². The highest BCUT2D eigenvalue weighted by Gasteiger charge is 2.55. The number of cyclic esters (lactones) is 1. The molecule has 5 unspecified atom stereocenters. The van der Waals surface area contributed by atoms with Crippen molar-refractivity contribution in [3.63, 3.8) is 0 Å². The summed E-state index contributed by atoms with van der Waals surface area (Å²) in [4.78, 5) is 16.3. The summed E-state index contributed by atoms with van der Waals surface area (Å²) in [6.45, 7) is 0.466. The Kier molecular flexibility index (Phi) is 3.50. The number of amides is 1. The van der Waals surface area contributed by atoms with E-state index in [0.29, 0.717) is 18.4 Å². The van der Waals surface area contributed by atoms with E-state index in [-0.39, 0.29) is 23.7 Å². The molecule has 2 heterocycles. The van der Waals surface area contributed by atoms with Crippen molar-refractivity contribution < 1.29 is 23.1 Å². The van der Waals surface area contributed by atoms with Crippen LogP contribution >= 0.6 is 0 Å². The van der Waals surface area contributed by atoms with Gasteiger partial charge in [0, 0.05) is 0 Å². The fourth-order valence-corrected chi connectivity index (χ4v) is 4.83. The summed E-state index contributed by atoms with van der Waals surface area (Å²) < 4.78 is 30.4. The molecule has 2 saturated heterocycles. The SMILES string of the molecule is O=C1N[C@@]2(CCC3CC(C4NOC(C(F)F)N4)CCC32)CO1. The number of halogens is 2. The Morgan fingerprint density at radius 3 is 2.77 bits per heavy atom. The van der Waals surface area contributed by atoms with Crippen LogP contribution in [0.25, 0.3) is 0 Å². The largest absolute Gasteiger partial charge is 0.447 e. The van der Waals surface area contributed by atoms with Gasteiger partial charge in [-0.25, -0.2) is 13.6 Å². The van der Waals surface area contributed by atoms with Crippen molar-refractivity contribution in [2.45, 2.75) is 56.5 Å². The lowest BCUT2D eigenvalue weighted by atomic mass is 9.70. The molecule has 4 aliphatic rings. The van der Waals surface area contributed by atoms with E-state index < -0.39 is 12.7 Å². The first-order valence-corrected chi connectivity index (χ1v) is 7.98. The van der Waals surface area contributed by atoms with Crippen molar-refractivity contribution in [1.29, 1.82) is 0 Å². The molecular formula is C14H21F2N3O3. The summed E-state index contributed by atoms with van der Waals surface area (Å²) in [5, 5.41) is 5.85. The molecule has 6 nitrogen and oxygen atoms in total. The second kappa shape index (κ2) is 5.28. The van der Waals surface area contributed by atoms with Gasteiger partial charge < -0.3 is 10.1 Å². The fraction of sp³-hybridized carbons (Fsp3) is 0.929. The number of ether oxygens (including phenoxy) is 1. The van der Waals surface area contributed by atoms with Crippen molar-refractivity contribution in [3.05, 3.63) is 0 Å². The smallest absolute Gasteiger partial charge is 0.407 e. The van der Waals surface area contributed by atoms with Gasteiger partial charge in [0.15, 0.2) is 6.23 Å². The van der Waals surface area contributed by atoms with Gasteiger partial charge in [-0.3, -0.25) is 10.2 Å². The highest BCUT2D eigenvalue weighted by Crippen LogP contribution is 2.51. The van der Waals surface area contributed by atoms with E-state index >= 15 is 0 Å². The van der Waals surface area contributed by atoms with Gasteiger partial charge in [-0.15, -0.1) is 0 Å². The predicted molar refractivity (Wildman–Crippen MR) is 71.7 cm³/mol. The lowest BCUT2D eigenvalue weighted by molar-refractivity contribution is -0.0689. The Labute approximate surface area is 127 Å². The number of carbonyl (C=O) groups is 1. The Bertz CT molecular complexity index is 467. The normalized spacial score (nSPS) is 47.8. The van der Waals surface area contributed by atoms with E-state index in [2.05, 4.69) is 16.1 Å². The summed E-state index contributed by atoms with van der Waals surface area (Å²) in [7, 11) is 0. The summed E-state index contributed by atoms with van der Waals surface area (Å²) >= 11 is 0. The quantitative estimate of drug-likeness (QED) is 0.717. The van der Waals surface area contributed by atoms with Crippen LogP contribution in [0.1, 0.15) is 32.1 Å². The maximum Gasteiger partial charge on any atom is 0.407 e. The highest BCUT2D eigenvalue weighted by atomic mass is 19.3. The number of hydrogen-bond acceptors (Lipinski definition) is 5. The van der Waals surface area contributed by atoms with Gasteiger partial charge in [-0.1, -0.05) is 0 Å². The zero-order chi connectivity index (χ0) is 15.3. The number of hydrogen-bond donors (Lipinski definition) is 3. The second-order valence-corrected chi connectivity index (χ2v) is 6.97. The molecule has 0 bridgehead atoms. The standard InChI is InChI=1S/C14H21F2N3O3/c15-10(16)12-17-11(19-22-12)8-1-2-9-7(5-8)3-4-14(9)6-21-13(20)18-14/h7-12,17,19H,1-6H2,(H,18,20)/t7?,8?,9?,11?,12?,14-/m0/s1. The molecule has 4 fully saturated rings. The van der Waals surface area contributed by atoms with Crippen molar-refractivity contribution in [2.75, 3.05) is 6.61 Å². The molecular weight excluding hydrogens is 296 g/mol. The molecule has 4 rings (SSSR count). The number of alkyl halides is 2. The van der Waals surface area contributed by atoms with E-state index in [9.17, 15) is 13.6 Å². The molecule has 8 heteroatoms. The van der Waals surface area contributed by atoms with Gasteiger partial charge in [0.2, 0.25) is 0 Å². The number of rotatable bonds is 2. The molecule has 2 saturated carbocycles. The number of hydroxylamine groups is 1. The van der Waals surface area contributed by atoms with Crippen molar-refractivity contribution in [2.24, 2.45) is 17.8 Å². The van der Waals surface area contributed by atoms with Gasteiger partial charge in [0.25, 0.3) is 6.43 Å². The van der Waals surface area contributed by atoms with E-state index in [1.807, 2.05) is 0 Å². The summed E-state index contributed by atoms with van der Waals surface area (Å²) in [5.41, 5.74) is 2.53. The fourth-order valence-electron chi connectivity index (χ4n) is 4.83. The van der Waals surface area contributed by atoms with Gasteiger partial charge in [0.1, 0.15) is 6.61 Å². The first-order valence-electron chi connectivity index (χ1n) is 7.98. The lowest BCUT2D eigenvalue weighted by Crippen LogP contribution is -2.51. The second-order valence-electron chi connectivity index (χ2n) is 6.97. The van der Waals surface area contributed by atoms with Crippen LogP contribution in [0.15, 0.2) is 0 Å². The minimum Gasteiger partial charge on any atom is -0.447 e. The van der Waals surface area contributed by atoms with Gasteiger partial charge in [-0.05, 0) is 49.9 Å². The molecule has 124 valence electrons. The van der Waals surface area contributed by atoms with Gasteiger partial charge in [-0.2, -0.15) is 5.48 Å². The first-order chi connectivity index (χ1) is 10.6. The summed E-state index contributed by atoms with van der Waals surface area (Å²) in [6.07, 6.45) is 0.599. The topological polar surface area (TPSA) is 71.6 Å². The van der Waals surface area contributed by atoms with Gasteiger partial charge >= 0.3 is 6.09 Å². The van der Waals surface area contributed by atoms with Crippen LogP contribution in [0, 0.1) is 17.8 Å². The molecule has 2 aliphatic heterocycles. The van der Waals surface area contributed by atoms with Crippen LogP contribution < -0.4 is 16.1 Å². The van der Waals surface area contributed by atoms with Gasteiger partial charge in [0.05, 0.1) is 11.7 Å². The zero-order valence-electron chi connectivity index (χ0n) is 12.2. The third-order valence-corrected chi connectivity index (χ3v) is 5.87. The maximum absolute atomic E-state index is 12.7. The van der Waals surface area contributed by atoms with Crippen LogP contribution in [0.3, 0.4) is 0 Å². The third kappa shape index (κ3) is 2.28. The first kappa shape index (κ1) is 14.6. The van der Waals surface area contributed by atoms with E-state index in [1.54, 1.807) is 0 Å². The van der Waals surface area contributed by atoms with Crippen molar-refractivity contribution in [3.8, 4) is 0 Å². The maximum atomic E-state index is 12.7. The number of nitrogens with one attached hydrogen (secondary N) is 3. The molecule has 1 spiro atoms. The van der Waals surface area contributed by atoms with Crippen LogP contribution in [0.5, 0.6) is 0 Å². The highest BCUT2D eigenvalue weighted by molar-refractivity contribution is 5.71. The summed E-state index contributed by atoms with van der Waals surface area (Å²) in [5.74, 6) is 1.22. The van der Waals surface area contributed by atoms with Crippen LogP contribution in [-0.2, 0) is 9.57 Å². The molecule has 0 radical (unpaired) electrons. The van der Waals surface area contributed by atoms with E-state index in [1.165, 1.54) is 0 Å². The Morgan fingerprint density at radius 2 is 2.09 bits per heavy atom. The molecule has 2 aliphatic carbocycles. The third-order valence-electron chi connectivity index (χ3n) is 5.87. The molecule has 0 aromatic heterocycles. The minimum atomic E-state index is -2.53. The number of carbonyl (C=O) groups excluding carboxylic acids is 1. The zero-order valence-corrected chi connectivity index (χ0v) is 12.2. The molecule has 0 aromatic carbocycles. The van der Waals surface area contributed by atoms with Crippen molar-refractivity contribution in [1.82, 2.24) is 16.1 Å². The molecule has 6 atom stereocenters. The van der Waals surface area contributed by atoms with E-state index in [0.717, 1.165) is 32.1 Å². The van der Waals surface area contributed by atoms with Crippen molar-refractivity contribution >= 4 is 6.09 Å². The average Bonchev–Trinajstić information content (AvgIpc) is 3.19. The number of alkyl carbamates (subject to hydrolysis) is 1. The molecule has 3 N–H and O–H groups in total. The molecule has 0 aromatic rings. The minimum absolute atomic E-state index is 0.189. The monoisotopic (exact) mass is 317 g/mol. The summed E-state index contributed by atoms with van der Waals surface area (Å²) in [6, 6.07) is 0. The average molecular weight is 317 g/mol. The number of fused-ring (bicyclic) bond motifs is 2. The van der Waals surface area contributed by atoms with Crippen LogP contribution in [0.2, 0.25) is 0 Å². The Morgan fingerprint density at radius 1 is 1.23 bits per heavy atom. The van der Waals surface area contributed by atoms with E-state index in [4.69, 9.17) is 9.57 Å². The molecule has 22 heavy (non-hydrogen) atoms. The molecule has 1 amide bonds. The van der Waals surface area contributed by atoms with Crippen LogP contribution in [-0.4, -0.2) is 37.1 Å². The predicted octanol–water partition coefficient (Wildman–Crippen LogP) is 1.33. The lowest BCUT2D eigenvalue weighted by Gasteiger charge is -2.39. The Balaban J connectivity index is 1.39. The Hall–Kier alpha value is -0.990.